The van der Waals surface area contributed by atoms with Crippen LogP contribution in [0.5, 0.6) is 0 Å². The average Bonchev–Trinajstić information content (AvgIpc) is 3.30. The Morgan fingerprint density at radius 1 is 0.818 bits per heavy atom. The van der Waals surface area contributed by atoms with E-state index in [1.807, 2.05) is 18.3 Å². The van der Waals surface area contributed by atoms with Gasteiger partial charge in [-0.2, -0.15) is 5.10 Å². The Kier molecular flexibility index (Phi) is 6.87. The van der Waals surface area contributed by atoms with Gasteiger partial charge in [0.05, 0.1) is 23.1 Å². The smallest absolute Gasteiger partial charge is 0.0842 e. The van der Waals surface area contributed by atoms with Gasteiger partial charge in [0, 0.05) is 19.8 Å². The van der Waals surface area contributed by atoms with Crippen LogP contribution in [0, 0.1) is 7.14 Å². The van der Waals surface area contributed by atoms with Crippen LogP contribution in [0.4, 0.5) is 11.4 Å². The Labute approximate surface area is 221 Å². The van der Waals surface area contributed by atoms with Crippen molar-refractivity contribution >= 4 is 68.5 Å². The Balaban J connectivity index is 1.47. The van der Waals surface area contributed by atoms with Gasteiger partial charge in [0.1, 0.15) is 0 Å². The van der Waals surface area contributed by atoms with Crippen molar-refractivity contribution in [2.75, 3.05) is 5.01 Å². The fraction of sp³-hybridized carbons (Fsp3) is 0.0714. The number of anilines is 1. The lowest BCUT2D eigenvalue weighted by Gasteiger charge is -2.24. The van der Waals surface area contributed by atoms with Crippen molar-refractivity contribution in [3.8, 4) is 0 Å². The minimum atomic E-state index is 0.162. The Morgan fingerprint density at radius 3 is 2.36 bits per heavy atom. The molecule has 4 aromatic carbocycles. The maximum absolute atomic E-state index is 5.09. The molecule has 5 heteroatoms. The molecule has 0 saturated carbocycles. The molecule has 0 aliphatic carbocycles. The molecule has 0 fully saturated rings. The molecule has 0 aromatic heterocycles. The third-order valence-electron chi connectivity index (χ3n) is 5.61. The van der Waals surface area contributed by atoms with Gasteiger partial charge in [0.25, 0.3) is 0 Å². The van der Waals surface area contributed by atoms with Crippen LogP contribution >= 0.6 is 45.2 Å². The van der Waals surface area contributed by atoms with E-state index in [1.54, 1.807) is 0 Å². The second kappa shape index (κ2) is 10.2. The molecule has 0 saturated heterocycles. The fourth-order valence-electron chi connectivity index (χ4n) is 3.95. The van der Waals surface area contributed by atoms with Crippen molar-refractivity contribution in [3.63, 3.8) is 0 Å². The monoisotopic (exact) mass is 653 g/mol. The Morgan fingerprint density at radius 2 is 1.58 bits per heavy atom. The van der Waals surface area contributed by atoms with E-state index in [0.29, 0.717) is 0 Å². The molecule has 0 bridgehead atoms. The highest BCUT2D eigenvalue weighted by molar-refractivity contribution is 14.1. The summed E-state index contributed by atoms with van der Waals surface area (Å²) in [6, 6.07) is 35.9. The summed E-state index contributed by atoms with van der Waals surface area (Å²) in [7, 11) is 0. The van der Waals surface area contributed by atoms with Gasteiger partial charge in [-0.25, -0.2) is 0 Å². The van der Waals surface area contributed by atoms with E-state index < -0.39 is 0 Å². The molecule has 1 atom stereocenters. The van der Waals surface area contributed by atoms with Crippen LogP contribution in [-0.2, 0) is 0 Å². The summed E-state index contributed by atoms with van der Waals surface area (Å²) in [5.41, 5.74) is 6.61. The predicted octanol–water partition coefficient (Wildman–Crippen LogP) is 8.00. The third kappa shape index (κ3) is 5.19. The first-order valence-corrected chi connectivity index (χ1v) is 12.9. The minimum absolute atomic E-state index is 0.162. The summed E-state index contributed by atoms with van der Waals surface area (Å²) < 4.78 is 2.48. The van der Waals surface area contributed by atoms with E-state index in [1.165, 1.54) is 12.7 Å². The lowest BCUT2D eigenvalue weighted by atomic mass is 9.98. The number of hydrogen-bond acceptors (Lipinski definition) is 3. The number of hydrogen-bond donors (Lipinski definition) is 0. The molecule has 4 aromatic rings. The molecule has 1 aliphatic rings. The first-order valence-electron chi connectivity index (χ1n) is 10.7. The molecule has 0 radical (unpaired) electrons. The Hall–Kier alpha value is -2.52. The predicted molar refractivity (Wildman–Crippen MR) is 155 cm³/mol. The fourth-order valence-corrected chi connectivity index (χ4v) is 5.06. The number of aliphatic imine (C=N–C) groups is 1. The van der Waals surface area contributed by atoms with E-state index in [0.717, 1.165) is 34.6 Å². The first kappa shape index (κ1) is 22.3. The standard InChI is InChI=1S/C28H21I2N3/c29-22-15-13-20(14-16-22)19-31-23-8-6-7-21(17-23)27-18-28(25-11-4-5-12-26(25)30)33(32-27)24-9-2-1-3-10-24/h1-17,19,28H,18H2. The van der Waals surface area contributed by atoms with Crippen molar-refractivity contribution in [2.45, 2.75) is 12.5 Å². The van der Waals surface area contributed by atoms with E-state index in [2.05, 4.69) is 141 Å². The zero-order valence-corrected chi connectivity index (χ0v) is 22.1. The van der Waals surface area contributed by atoms with Crippen molar-refractivity contribution in [3.05, 3.63) is 127 Å². The van der Waals surface area contributed by atoms with Gasteiger partial charge in [-0.1, -0.05) is 60.7 Å². The largest absolute Gasteiger partial charge is 0.257 e. The van der Waals surface area contributed by atoms with Crippen molar-refractivity contribution < 1.29 is 0 Å². The highest BCUT2D eigenvalue weighted by Gasteiger charge is 2.31. The number of halogens is 2. The molecular formula is C28H21I2N3. The number of para-hydroxylation sites is 1. The van der Waals surface area contributed by atoms with Crippen LogP contribution in [0.25, 0.3) is 0 Å². The molecule has 0 amide bonds. The second-order valence-electron chi connectivity index (χ2n) is 7.83. The SMILES string of the molecule is Ic1ccc(C=Nc2cccc(C3=NN(c4ccccc4)C(c4ccccc4I)C3)c2)cc1. The minimum Gasteiger partial charge on any atom is -0.257 e. The van der Waals surface area contributed by atoms with Gasteiger partial charge in [-0.05, 0) is 104 Å². The summed E-state index contributed by atoms with van der Waals surface area (Å²) in [5, 5.41) is 7.25. The van der Waals surface area contributed by atoms with E-state index in [9.17, 15) is 0 Å². The lowest BCUT2D eigenvalue weighted by Crippen LogP contribution is -2.19. The highest BCUT2D eigenvalue weighted by atomic mass is 127. The Bertz CT molecular complexity index is 1310. The summed E-state index contributed by atoms with van der Waals surface area (Å²) in [5.74, 6) is 0. The number of hydrazone groups is 1. The van der Waals surface area contributed by atoms with Crippen molar-refractivity contribution in [2.24, 2.45) is 10.1 Å². The van der Waals surface area contributed by atoms with E-state index in [-0.39, 0.29) is 6.04 Å². The van der Waals surface area contributed by atoms with Crippen molar-refractivity contribution in [1.29, 1.82) is 0 Å². The maximum Gasteiger partial charge on any atom is 0.0842 e. The van der Waals surface area contributed by atoms with E-state index in [4.69, 9.17) is 10.1 Å². The lowest BCUT2D eigenvalue weighted by molar-refractivity contribution is 0.705. The number of benzene rings is 4. The summed E-state index contributed by atoms with van der Waals surface area (Å²) in [6.07, 6.45) is 2.76. The molecule has 162 valence electrons. The number of rotatable bonds is 5. The molecule has 33 heavy (non-hydrogen) atoms. The third-order valence-corrected chi connectivity index (χ3v) is 7.31. The molecule has 1 aliphatic heterocycles. The zero-order chi connectivity index (χ0) is 22.6. The van der Waals surface area contributed by atoms with Gasteiger partial charge >= 0.3 is 0 Å². The molecule has 0 spiro atoms. The van der Waals surface area contributed by atoms with Crippen LogP contribution in [0.3, 0.4) is 0 Å². The van der Waals surface area contributed by atoms with E-state index >= 15 is 0 Å². The quantitative estimate of drug-likeness (QED) is 0.159. The van der Waals surface area contributed by atoms with Crippen LogP contribution in [-0.4, -0.2) is 11.9 Å². The molecule has 5 rings (SSSR count). The van der Waals surface area contributed by atoms with Crippen molar-refractivity contribution in [1.82, 2.24) is 0 Å². The van der Waals surface area contributed by atoms with Gasteiger partial charge in [-0.3, -0.25) is 10.0 Å². The first-order chi connectivity index (χ1) is 16.2. The molecule has 1 unspecified atom stereocenters. The molecular weight excluding hydrogens is 632 g/mol. The average molecular weight is 653 g/mol. The second-order valence-corrected chi connectivity index (χ2v) is 10.2. The van der Waals surface area contributed by atoms with Gasteiger partial charge < -0.3 is 0 Å². The maximum atomic E-state index is 5.09. The van der Waals surface area contributed by atoms with Crippen LogP contribution in [0.1, 0.15) is 29.2 Å². The molecule has 3 nitrogen and oxygen atoms in total. The topological polar surface area (TPSA) is 28.0 Å². The zero-order valence-electron chi connectivity index (χ0n) is 17.8. The van der Waals surface area contributed by atoms with Gasteiger partial charge in [-0.15, -0.1) is 0 Å². The summed E-state index contributed by atoms with van der Waals surface area (Å²) in [4.78, 5) is 4.71. The number of nitrogens with zero attached hydrogens (tertiary/aromatic N) is 3. The van der Waals surface area contributed by atoms with Gasteiger partial charge in [0.2, 0.25) is 0 Å². The summed E-state index contributed by atoms with van der Waals surface area (Å²) >= 11 is 4.74. The van der Waals surface area contributed by atoms with Gasteiger partial charge in [0.15, 0.2) is 0 Å². The molecule has 1 heterocycles. The van der Waals surface area contributed by atoms with Crippen LogP contribution in [0.2, 0.25) is 0 Å². The molecule has 0 N–H and O–H groups in total. The normalized spacial score (nSPS) is 15.8. The highest BCUT2D eigenvalue weighted by Crippen LogP contribution is 2.38. The van der Waals surface area contributed by atoms with Crippen LogP contribution < -0.4 is 5.01 Å². The summed E-state index contributed by atoms with van der Waals surface area (Å²) in [6.45, 7) is 0. The van der Waals surface area contributed by atoms with Crippen LogP contribution in [0.15, 0.2) is 113 Å².